The van der Waals surface area contributed by atoms with Crippen LogP contribution in [0.3, 0.4) is 0 Å². The van der Waals surface area contributed by atoms with Crippen LogP contribution in [0.2, 0.25) is 0 Å². The average molecular weight is 400 g/mol. The molecule has 0 aliphatic carbocycles. The van der Waals surface area contributed by atoms with Crippen LogP contribution in [0.5, 0.6) is 0 Å². The third kappa shape index (κ3) is 10.8. The van der Waals surface area contributed by atoms with E-state index in [2.05, 4.69) is 5.32 Å². The van der Waals surface area contributed by atoms with Crippen LogP contribution < -0.4 is 5.32 Å². The minimum absolute atomic E-state index is 0.0935. The maximum Gasteiger partial charge on any atom is 0.323 e. The molecule has 162 valence electrons. The van der Waals surface area contributed by atoms with Crippen molar-refractivity contribution in [1.29, 1.82) is 0 Å². The number of hydrogen-bond donors (Lipinski definition) is 1. The smallest absolute Gasteiger partial charge is 0.323 e. The van der Waals surface area contributed by atoms with Gasteiger partial charge in [-0.25, -0.2) is 0 Å². The highest BCUT2D eigenvalue weighted by Gasteiger charge is 2.23. The molecule has 0 bridgehead atoms. The Morgan fingerprint density at radius 2 is 1.64 bits per heavy atom. The molecule has 1 fully saturated rings. The molecule has 0 amide bonds. The molecule has 0 saturated carbocycles. The number of ketones is 1. The zero-order valence-corrected chi connectivity index (χ0v) is 17.5. The topological polar surface area (TPSA) is 90.9 Å². The summed E-state index contributed by atoms with van der Waals surface area (Å²) in [6.45, 7) is 6.16. The van der Waals surface area contributed by atoms with Crippen molar-refractivity contribution in [3.05, 3.63) is 0 Å². The van der Waals surface area contributed by atoms with E-state index in [4.69, 9.17) is 14.2 Å². The highest BCUT2D eigenvalue weighted by Crippen LogP contribution is 2.17. The summed E-state index contributed by atoms with van der Waals surface area (Å²) < 4.78 is 15.4. The minimum atomic E-state index is -0.382. The van der Waals surface area contributed by atoms with Gasteiger partial charge in [-0.15, -0.1) is 0 Å². The molecule has 0 spiro atoms. The van der Waals surface area contributed by atoms with Gasteiger partial charge in [-0.1, -0.05) is 19.3 Å². The molecule has 1 saturated heterocycles. The Labute approximate surface area is 168 Å². The lowest BCUT2D eigenvalue weighted by Gasteiger charge is -2.21. The number of carbonyl (C=O) groups excluding carboxylic acids is 3. The van der Waals surface area contributed by atoms with Gasteiger partial charge >= 0.3 is 11.9 Å². The second-order valence-corrected chi connectivity index (χ2v) is 7.12. The van der Waals surface area contributed by atoms with Gasteiger partial charge in [0.2, 0.25) is 0 Å². The van der Waals surface area contributed by atoms with Gasteiger partial charge in [0.05, 0.1) is 13.2 Å². The Kier molecular flexibility index (Phi) is 13.6. The van der Waals surface area contributed by atoms with Crippen molar-refractivity contribution in [3.63, 3.8) is 0 Å². The number of hydrogen-bond acceptors (Lipinski definition) is 7. The minimum Gasteiger partial charge on any atom is -0.466 e. The molecular formula is C21H37NO6. The molecule has 1 aliphatic rings. The Bertz CT molecular complexity index is 462. The van der Waals surface area contributed by atoms with Crippen molar-refractivity contribution in [3.8, 4) is 0 Å². The summed E-state index contributed by atoms with van der Waals surface area (Å²) in [6.07, 6.45) is 6.68. The van der Waals surface area contributed by atoms with Gasteiger partial charge in [-0.2, -0.15) is 0 Å². The summed E-state index contributed by atoms with van der Waals surface area (Å²) in [4.78, 5) is 35.7. The van der Waals surface area contributed by atoms with Gasteiger partial charge in [-0.05, 0) is 39.5 Å². The molecule has 0 aromatic rings. The quantitative estimate of drug-likeness (QED) is 0.334. The van der Waals surface area contributed by atoms with Crippen molar-refractivity contribution in [2.24, 2.45) is 5.92 Å². The summed E-state index contributed by atoms with van der Waals surface area (Å²) in [6, 6.07) is -0.382. The van der Waals surface area contributed by atoms with Crippen LogP contribution in [0.15, 0.2) is 0 Å². The Hall–Kier alpha value is -1.47. The fourth-order valence-corrected chi connectivity index (χ4v) is 3.34. The molecular weight excluding hydrogens is 362 g/mol. The largest absolute Gasteiger partial charge is 0.466 e. The summed E-state index contributed by atoms with van der Waals surface area (Å²) in [5.41, 5.74) is 0. The second-order valence-electron chi connectivity index (χ2n) is 7.12. The van der Waals surface area contributed by atoms with Crippen LogP contribution in [0.1, 0.15) is 71.6 Å². The van der Waals surface area contributed by atoms with E-state index in [1.807, 2.05) is 0 Å². The first-order valence-corrected chi connectivity index (χ1v) is 10.7. The van der Waals surface area contributed by atoms with E-state index in [-0.39, 0.29) is 29.7 Å². The van der Waals surface area contributed by atoms with E-state index in [1.165, 1.54) is 0 Å². The maximum atomic E-state index is 12.3. The Morgan fingerprint density at radius 3 is 2.32 bits per heavy atom. The zero-order chi connectivity index (χ0) is 20.6. The summed E-state index contributed by atoms with van der Waals surface area (Å²) >= 11 is 0. The molecule has 1 atom stereocenters. The van der Waals surface area contributed by atoms with Gasteiger partial charge in [-0.3, -0.25) is 14.4 Å². The predicted octanol–water partition coefficient (Wildman–Crippen LogP) is 2.80. The summed E-state index contributed by atoms with van der Waals surface area (Å²) in [5.74, 6) is -0.0660. The molecule has 1 heterocycles. The lowest BCUT2D eigenvalue weighted by Crippen LogP contribution is -2.39. The zero-order valence-electron chi connectivity index (χ0n) is 17.5. The van der Waals surface area contributed by atoms with Crippen molar-refractivity contribution >= 4 is 17.7 Å². The molecule has 0 aromatic carbocycles. The SMILES string of the molecule is CCOC(=O)CCCCCCC(NCCC(=O)C1CCOCC1)C(=O)OCC. The first-order valence-electron chi connectivity index (χ1n) is 10.7. The number of rotatable bonds is 15. The van der Waals surface area contributed by atoms with Crippen molar-refractivity contribution in [2.45, 2.75) is 77.7 Å². The normalized spacial score (nSPS) is 15.8. The number of nitrogens with one attached hydrogen (secondary N) is 1. The first kappa shape index (κ1) is 24.6. The molecule has 7 nitrogen and oxygen atoms in total. The third-order valence-electron chi connectivity index (χ3n) is 4.94. The molecule has 1 aliphatic heterocycles. The summed E-state index contributed by atoms with van der Waals surface area (Å²) in [5, 5.41) is 3.20. The van der Waals surface area contributed by atoms with E-state index >= 15 is 0 Å². The number of Topliss-reactive ketones (excluding diaryl/α,β-unsaturated/α-hetero) is 1. The molecule has 0 radical (unpaired) electrons. The maximum absolute atomic E-state index is 12.3. The van der Waals surface area contributed by atoms with Crippen molar-refractivity contribution in [2.75, 3.05) is 33.0 Å². The third-order valence-corrected chi connectivity index (χ3v) is 4.94. The van der Waals surface area contributed by atoms with Crippen LogP contribution >= 0.6 is 0 Å². The number of esters is 2. The molecule has 28 heavy (non-hydrogen) atoms. The van der Waals surface area contributed by atoms with E-state index in [9.17, 15) is 14.4 Å². The van der Waals surface area contributed by atoms with Crippen LogP contribution in [-0.2, 0) is 28.6 Å². The highest BCUT2D eigenvalue weighted by atomic mass is 16.5. The van der Waals surface area contributed by atoms with Crippen LogP contribution in [0.25, 0.3) is 0 Å². The van der Waals surface area contributed by atoms with E-state index < -0.39 is 0 Å². The first-order chi connectivity index (χ1) is 13.6. The fourth-order valence-electron chi connectivity index (χ4n) is 3.34. The average Bonchev–Trinajstić information content (AvgIpc) is 2.70. The molecule has 0 aromatic heterocycles. The van der Waals surface area contributed by atoms with Gasteiger partial charge < -0.3 is 19.5 Å². The lowest BCUT2D eigenvalue weighted by molar-refractivity contribution is -0.146. The van der Waals surface area contributed by atoms with Crippen LogP contribution in [0.4, 0.5) is 0 Å². The number of carbonyl (C=O) groups is 3. The van der Waals surface area contributed by atoms with E-state index in [1.54, 1.807) is 13.8 Å². The number of unbranched alkanes of at least 4 members (excludes halogenated alkanes) is 3. The van der Waals surface area contributed by atoms with E-state index in [0.29, 0.717) is 52.2 Å². The molecule has 1 unspecified atom stereocenters. The van der Waals surface area contributed by atoms with Crippen LogP contribution in [0, 0.1) is 5.92 Å². The predicted molar refractivity (Wildman–Crippen MR) is 106 cm³/mol. The Balaban J connectivity index is 2.24. The molecule has 1 rings (SSSR count). The second kappa shape index (κ2) is 15.5. The monoisotopic (exact) mass is 399 g/mol. The van der Waals surface area contributed by atoms with Gasteiger partial charge in [0.15, 0.2) is 0 Å². The van der Waals surface area contributed by atoms with E-state index in [0.717, 1.165) is 38.5 Å². The standard InChI is InChI=1S/C21H37NO6/c1-3-27-20(24)10-8-6-5-7-9-18(21(25)28-4-2)22-14-11-19(23)17-12-15-26-16-13-17/h17-18,22H,3-16H2,1-2H3. The number of ether oxygens (including phenoxy) is 3. The molecule has 7 heteroatoms. The van der Waals surface area contributed by atoms with Gasteiger partial charge in [0.1, 0.15) is 11.8 Å². The lowest BCUT2D eigenvalue weighted by atomic mass is 9.93. The highest BCUT2D eigenvalue weighted by molar-refractivity contribution is 5.81. The van der Waals surface area contributed by atoms with Crippen LogP contribution in [-0.4, -0.2) is 56.7 Å². The molecule has 1 N–H and O–H groups in total. The van der Waals surface area contributed by atoms with Gasteiger partial charge in [0, 0.05) is 38.5 Å². The van der Waals surface area contributed by atoms with Gasteiger partial charge in [0.25, 0.3) is 0 Å². The van der Waals surface area contributed by atoms with Crippen molar-refractivity contribution < 1.29 is 28.6 Å². The fraction of sp³-hybridized carbons (Fsp3) is 0.857. The summed E-state index contributed by atoms with van der Waals surface area (Å²) in [7, 11) is 0. The Morgan fingerprint density at radius 1 is 0.964 bits per heavy atom. The van der Waals surface area contributed by atoms with Crippen molar-refractivity contribution in [1.82, 2.24) is 5.32 Å².